The molecule has 1 N–H and O–H groups in total. The van der Waals surface area contributed by atoms with Crippen LogP contribution in [0.5, 0.6) is 0 Å². The first-order valence-electron chi connectivity index (χ1n) is 8.79. The summed E-state index contributed by atoms with van der Waals surface area (Å²) in [6.07, 6.45) is 0. The zero-order chi connectivity index (χ0) is 19.7. The first-order chi connectivity index (χ1) is 13.5. The summed E-state index contributed by atoms with van der Waals surface area (Å²) in [5, 5.41) is 0.528. The Bertz CT molecular complexity index is 1200. The Kier molecular flexibility index (Phi) is 4.96. The maximum atomic E-state index is 13.4. The second-order valence-electron chi connectivity index (χ2n) is 6.56. The van der Waals surface area contributed by atoms with Crippen molar-refractivity contribution in [2.45, 2.75) is 13.5 Å². The monoisotopic (exact) mass is 437 g/mol. The van der Waals surface area contributed by atoms with Crippen molar-refractivity contribution < 1.29 is 4.39 Å². The van der Waals surface area contributed by atoms with E-state index < -0.39 is 0 Å². The Morgan fingerprint density at radius 1 is 1.04 bits per heavy atom. The molecule has 1 aromatic heterocycles. The van der Waals surface area contributed by atoms with Gasteiger partial charge in [0, 0.05) is 10.0 Å². The van der Waals surface area contributed by atoms with Crippen LogP contribution in [0.1, 0.15) is 11.1 Å². The molecule has 0 spiro atoms. The van der Waals surface area contributed by atoms with Gasteiger partial charge in [0.15, 0.2) is 5.82 Å². The molecule has 4 nitrogen and oxygen atoms in total. The Hall–Kier alpha value is -2.99. The lowest BCUT2D eigenvalue weighted by atomic mass is 10.1. The number of aryl methyl sites for hydroxylation is 1. The third-order valence-corrected chi connectivity index (χ3v) is 5.01. The van der Waals surface area contributed by atoms with Crippen LogP contribution in [0, 0.1) is 12.7 Å². The van der Waals surface area contributed by atoms with Gasteiger partial charge in [0.25, 0.3) is 5.56 Å². The van der Waals surface area contributed by atoms with Gasteiger partial charge in [-0.05, 0) is 66.6 Å². The number of aromatic nitrogens is 2. The SMILES string of the molecule is Cc1ccc2c(=O)n(NCc3ccc(Br)cc3)c(-c3ccc(F)cc3)nc2c1. The lowest BCUT2D eigenvalue weighted by Crippen LogP contribution is -2.31. The predicted molar refractivity (Wildman–Crippen MR) is 113 cm³/mol. The molecule has 0 bridgehead atoms. The number of fused-ring (bicyclic) bond motifs is 1. The Morgan fingerprint density at radius 3 is 2.46 bits per heavy atom. The first-order valence-corrected chi connectivity index (χ1v) is 9.58. The number of rotatable bonds is 4. The van der Waals surface area contributed by atoms with E-state index in [1.165, 1.54) is 16.8 Å². The van der Waals surface area contributed by atoms with E-state index in [4.69, 9.17) is 4.98 Å². The van der Waals surface area contributed by atoms with Crippen molar-refractivity contribution in [3.63, 3.8) is 0 Å². The van der Waals surface area contributed by atoms with Crippen molar-refractivity contribution >= 4 is 26.8 Å². The third-order valence-electron chi connectivity index (χ3n) is 4.48. The molecule has 0 saturated carbocycles. The van der Waals surface area contributed by atoms with Crippen molar-refractivity contribution in [2.24, 2.45) is 0 Å². The van der Waals surface area contributed by atoms with Crippen LogP contribution in [0.4, 0.5) is 4.39 Å². The van der Waals surface area contributed by atoms with Crippen LogP contribution in [-0.4, -0.2) is 9.66 Å². The van der Waals surface area contributed by atoms with Crippen molar-refractivity contribution in [3.05, 3.63) is 98.5 Å². The van der Waals surface area contributed by atoms with E-state index in [0.717, 1.165) is 15.6 Å². The van der Waals surface area contributed by atoms with Gasteiger partial charge in [-0.1, -0.05) is 34.1 Å². The molecule has 6 heteroatoms. The molecular weight excluding hydrogens is 421 g/mol. The smallest absolute Gasteiger partial charge is 0.280 e. The fraction of sp³-hybridized carbons (Fsp3) is 0.0909. The second-order valence-corrected chi connectivity index (χ2v) is 7.48. The summed E-state index contributed by atoms with van der Waals surface area (Å²) >= 11 is 3.42. The maximum Gasteiger partial charge on any atom is 0.280 e. The number of hydrogen-bond donors (Lipinski definition) is 1. The van der Waals surface area contributed by atoms with Crippen LogP contribution in [0.25, 0.3) is 22.3 Å². The van der Waals surface area contributed by atoms with E-state index in [-0.39, 0.29) is 11.4 Å². The van der Waals surface area contributed by atoms with Gasteiger partial charge in [-0.15, -0.1) is 0 Å². The molecule has 0 aliphatic carbocycles. The van der Waals surface area contributed by atoms with Crippen LogP contribution in [-0.2, 0) is 6.54 Å². The summed E-state index contributed by atoms with van der Waals surface area (Å²) in [6, 6.07) is 19.4. The minimum atomic E-state index is -0.336. The summed E-state index contributed by atoms with van der Waals surface area (Å²) < 4.78 is 15.8. The van der Waals surface area contributed by atoms with Gasteiger partial charge in [-0.25, -0.2) is 14.1 Å². The molecule has 0 radical (unpaired) electrons. The summed E-state index contributed by atoms with van der Waals surface area (Å²) in [5.74, 6) is 0.109. The van der Waals surface area contributed by atoms with Gasteiger partial charge >= 0.3 is 0 Å². The number of halogens is 2. The van der Waals surface area contributed by atoms with E-state index in [0.29, 0.717) is 28.8 Å². The maximum absolute atomic E-state index is 13.4. The number of benzene rings is 3. The van der Waals surface area contributed by atoms with Crippen LogP contribution < -0.4 is 11.0 Å². The van der Waals surface area contributed by atoms with E-state index in [1.54, 1.807) is 18.2 Å². The fourth-order valence-electron chi connectivity index (χ4n) is 3.01. The highest BCUT2D eigenvalue weighted by molar-refractivity contribution is 9.10. The molecule has 0 amide bonds. The fourth-order valence-corrected chi connectivity index (χ4v) is 3.27. The first kappa shape index (κ1) is 18.4. The van der Waals surface area contributed by atoms with Crippen molar-refractivity contribution in [1.29, 1.82) is 0 Å². The van der Waals surface area contributed by atoms with Crippen molar-refractivity contribution in [1.82, 2.24) is 9.66 Å². The lowest BCUT2D eigenvalue weighted by molar-refractivity contribution is 0.628. The zero-order valence-electron chi connectivity index (χ0n) is 15.1. The summed E-state index contributed by atoms with van der Waals surface area (Å²) in [4.78, 5) is 17.8. The normalized spacial score (nSPS) is 11.0. The molecule has 3 aromatic carbocycles. The Labute approximate surface area is 169 Å². The minimum absolute atomic E-state index is 0.193. The van der Waals surface area contributed by atoms with Crippen molar-refractivity contribution in [2.75, 3.05) is 5.43 Å². The van der Waals surface area contributed by atoms with Gasteiger partial charge in [0.1, 0.15) is 5.82 Å². The number of nitrogens with zero attached hydrogens (tertiary/aromatic N) is 2. The molecular formula is C22H17BrFN3O. The second kappa shape index (κ2) is 7.56. The molecule has 0 aliphatic rings. The van der Waals surface area contributed by atoms with Crippen LogP contribution in [0.2, 0.25) is 0 Å². The molecule has 0 aliphatic heterocycles. The summed E-state index contributed by atoms with van der Waals surface area (Å²) in [6.45, 7) is 2.40. The molecule has 0 unspecified atom stereocenters. The molecule has 4 rings (SSSR count). The zero-order valence-corrected chi connectivity index (χ0v) is 16.7. The van der Waals surface area contributed by atoms with Gasteiger partial charge in [0.2, 0.25) is 0 Å². The lowest BCUT2D eigenvalue weighted by Gasteiger charge is -2.16. The average Bonchev–Trinajstić information content (AvgIpc) is 2.69. The molecule has 1 heterocycles. The highest BCUT2D eigenvalue weighted by Gasteiger charge is 2.13. The van der Waals surface area contributed by atoms with E-state index in [9.17, 15) is 9.18 Å². The van der Waals surface area contributed by atoms with Gasteiger partial charge in [0.05, 0.1) is 17.4 Å². The number of nitrogens with one attached hydrogen (secondary N) is 1. The predicted octanol–water partition coefficient (Wildman–Crippen LogP) is 5.02. The number of hydrogen-bond acceptors (Lipinski definition) is 3. The highest BCUT2D eigenvalue weighted by atomic mass is 79.9. The van der Waals surface area contributed by atoms with E-state index >= 15 is 0 Å². The summed E-state index contributed by atoms with van der Waals surface area (Å²) in [7, 11) is 0. The van der Waals surface area contributed by atoms with Crippen molar-refractivity contribution in [3.8, 4) is 11.4 Å². The Morgan fingerprint density at radius 2 is 1.75 bits per heavy atom. The van der Waals surface area contributed by atoms with Gasteiger partial charge in [-0.3, -0.25) is 4.79 Å². The largest absolute Gasteiger partial charge is 0.317 e. The van der Waals surface area contributed by atoms with Gasteiger partial charge < -0.3 is 5.43 Å². The average molecular weight is 438 g/mol. The minimum Gasteiger partial charge on any atom is -0.317 e. The van der Waals surface area contributed by atoms with Crippen LogP contribution in [0.3, 0.4) is 0 Å². The standard InChI is InChI=1S/C22H17BrFN3O/c1-14-2-11-19-20(12-14)26-21(16-5-9-18(24)10-6-16)27(22(19)28)25-13-15-3-7-17(23)8-4-15/h2-12,25H,13H2,1H3. The molecule has 0 fully saturated rings. The molecule has 28 heavy (non-hydrogen) atoms. The third kappa shape index (κ3) is 3.68. The van der Waals surface area contributed by atoms with Crippen LogP contribution in [0.15, 0.2) is 76.0 Å². The topological polar surface area (TPSA) is 46.9 Å². The summed E-state index contributed by atoms with van der Waals surface area (Å²) in [5.41, 5.74) is 6.29. The van der Waals surface area contributed by atoms with Crippen LogP contribution >= 0.6 is 15.9 Å². The van der Waals surface area contributed by atoms with Gasteiger partial charge in [-0.2, -0.15) is 0 Å². The molecule has 4 aromatic rings. The Balaban J connectivity index is 1.84. The molecule has 0 saturated heterocycles. The molecule has 140 valence electrons. The van der Waals surface area contributed by atoms with E-state index in [1.807, 2.05) is 43.3 Å². The molecule has 0 atom stereocenters. The van der Waals surface area contributed by atoms with E-state index in [2.05, 4.69) is 21.4 Å². The highest BCUT2D eigenvalue weighted by Crippen LogP contribution is 2.20. The quantitative estimate of drug-likeness (QED) is 0.487.